The number of hydrogen-bond acceptors (Lipinski definition) is 5. The fourth-order valence-electron chi connectivity index (χ4n) is 4.23. The lowest BCUT2D eigenvalue weighted by atomic mass is 10.1. The Bertz CT molecular complexity index is 1830. The Morgan fingerprint density at radius 1 is 0.872 bits per heavy atom. The van der Waals surface area contributed by atoms with Crippen molar-refractivity contribution in [3.05, 3.63) is 129 Å². The van der Waals surface area contributed by atoms with Gasteiger partial charge in [-0.1, -0.05) is 35.9 Å². The van der Waals surface area contributed by atoms with E-state index in [1.807, 2.05) is 52.7 Å². The maximum atomic E-state index is 15.0. The maximum Gasteiger partial charge on any atom is 0.275 e. The Kier molecular flexibility index (Phi) is 6.56. The largest absolute Gasteiger partial charge is 0.322 e. The number of fused-ring (bicyclic) bond motifs is 1. The Hall–Kier alpha value is -4.18. The summed E-state index contributed by atoms with van der Waals surface area (Å²) in [4.78, 5) is 32.9. The minimum absolute atomic E-state index is 0.0640. The van der Waals surface area contributed by atoms with Crippen molar-refractivity contribution in [1.82, 2.24) is 9.55 Å². The lowest BCUT2D eigenvalue weighted by molar-refractivity contribution is 0.1000. The number of carbonyl (C=O) groups is 2. The molecule has 0 aliphatic rings. The molecule has 0 radical (unpaired) electrons. The van der Waals surface area contributed by atoms with Crippen LogP contribution in [0.3, 0.4) is 0 Å². The van der Waals surface area contributed by atoms with Crippen LogP contribution in [0.15, 0.2) is 96.8 Å². The highest BCUT2D eigenvalue weighted by atomic mass is 35.5. The first-order valence-electron chi connectivity index (χ1n) is 11.6. The van der Waals surface area contributed by atoms with E-state index in [4.69, 9.17) is 11.6 Å². The molecule has 1 amide bonds. The van der Waals surface area contributed by atoms with Gasteiger partial charge in [-0.3, -0.25) is 14.5 Å². The molecule has 2 aromatic carbocycles. The number of rotatable bonds is 6. The van der Waals surface area contributed by atoms with Gasteiger partial charge in [0, 0.05) is 34.2 Å². The molecule has 0 atom stereocenters. The third kappa shape index (κ3) is 4.44. The van der Waals surface area contributed by atoms with Gasteiger partial charge in [-0.15, -0.1) is 22.7 Å². The number of thiophene rings is 2. The summed E-state index contributed by atoms with van der Waals surface area (Å²) in [7, 11) is 0. The van der Waals surface area contributed by atoms with E-state index in [-0.39, 0.29) is 27.1 Å². The SMILES string of the molecule is O=C(c1ccc(N(C(=O)c2sc3ccccc3c2Cl)c2c(F)cccc2F)nc1)c1sccc1-n1cccc1. The zero-order chi connectivity index (χ0) is 27.1. The minimum Gasteiger partial charge on any atom is -0.322 e. The molecule has 0 aliphatic carbocycles. The van der Waals surface area contributed by atoms with E-state index in [0.29, 0.717) is 10.3 Å². The molecule has 0 fully saturated rings. The summed E-state index contributed by atoms with van der Waals surface area (Å²) in [6, 6.07) is 18.9. The average molecular weight is 576 g/mol. The number of halogens is 3. The van der Waals surface area contributed by atoms with Gasteiger partial charge in [0.05, 0.1) is 15.6 Å². The predicted octanol–water partition coefficient (Wildman–Crippen LogP) is 8.29. The second-order valence-corrected chi connectivity index (χ2v) is 10.8. The first-order valence-corrected chi connectivity index (χ1v) is 13.7. The van der Waals surface area contributed by atoms with Crippen molar-refractivity contribution >= 4 is 67.6 Å². The minimum atomic E-state index is -0.947. The van der Waals surface area contributed by atoms with Gasteiger partial charge in [0.2, 0.25) is 5.78 Å². The van der Waals surface area contributed by atoms with E-state index < -0.39 is 23.2 Å². The van der Waals surface area contributed by atoms with E-state index in [9.17, 15) is 18.4 Å². The third-order valence-electron chi connectivity index (χ3n) is 6.07. The number of aromatic nitrogens is 2. The monoisotopic (exact) mass is 575 g/mol. The number of hydrogen-bond donors (Lipinski definition) is 0. The molecule has 0 saturated carbocycles. The molecule has 6 aromatic rings. The van der Waals surface area contributed by atoms with E-state index in [1.165, 1.54) is 35.7 Å². The average Bonchev–Trinajstić information content (AvgIpc) is 3.71. The van der Waals surface area contributed by atoms with Crippen LogP contribution in [0.4, 0.5) is 20.3 Å². The highest BCUT2D eigenvalue weighted by molar-refractivity contribution is 7.21. The van der Waals surface area contributed by atoms with Crippen LogP contribution in [-0.4, -0.2) is 21.2 Å². The fraction of sp³-hybridized carbons (Fsp3) is 0. The molecular weight excluding hydrogens is 560 g/mol. The van der Waals surface area contributed by atoms with Crippen molar-refractivity contribution in [2.75, 3.05) is 4.90 Å². The van der Waals surface area contributed by atoms with Gasteiger partial charge < -0.3 is 4.57 Å². The predicted molar refractivity (Wildman–Crippen MR) is 151 cm³/mol. The quantitative estimate of drug-likeness (QED) is 0.188. The van der Waals surface area contributed by atoms with E-state index in [1.54, 1.807) is 12.1 Å². The van der Waals surface area contributed by atoms with Crippen LogP contribution >= 0.6 is 34.3 Å². The van der Waals surface area contributed by atoms with E-state index in [0.717, 1.165) is 38.8 Å². The van der Waals surface area contributed by atoms with Crippen molar-refractivity contribution in [2.24, 2.45) is 0 Å². The first kappa shape index (κ1) is 25.1. The summed E-state index contributed by atoms with van der Waals surface area (Å²) in [5, 5.41) is 2.66. The Balaban J connectivity index is 1.42. The Labute approximate surface area is 234 Å². The third-order valence-corrected chi connectivity index (χ3v) is 8.63. The zero-order valence-electron chi connectivity index (χ0n) is 19.8. The summed E-state index contributed by atoms with van der Waals surface area (Å²) in [6.45, 7) is 0. The summed E-state index contributed by atoms with van der Waals surface area (Å²) in [5.74, 6) is -2.97. The number of anilines is 2. The summed E-state index contributed by atoms with van der Waals surface area (Å²) in [5.41, 5.74) is 0.398. The zero-order valence-corrected chi connectivity index (χ0v) is 22.2. The highest BCUT2D eigenvalue weighted by Crippen LogP contribution is 2.39. The molecule has 0 aliphatic heterocycles. The Morgan fingerprint density at radius 2 is 1.62 bits per heavy atom. The van der Waals surface area contributed by atoms with Crippen molar-refractivity contribution < 1.29 is 18.4 Å². The lowest BCUT2D eigenvalue weighted by Gasteiger charge is -2.22. The van der Waals surface area contributed by atoms with Crippen LogP contribution in [0.5, 0.6) is 0 Å². The van der Waals surface area contributed by atoms with E-state index in [2.05, 4.69) is 4.98 Å². The van der Waals surface area contributed by atoms with Crippen LogP contribution < -0.4 is 4.90 Å². The molecule has 0 unspecified atom stereocenters. The topological polar surface area (TPSA) is 55.2 Å². The Morgan fingerprint density at radius 3 is 2.31 bits per heavy atom. The number of para-hydroxylation sites is 1. The van der Waals surface area contributed by atoms with Crippen LogP contribution in [-0.2, 0) is 0 Å². The van der Waals surface area contributed by atoms with Gasteiger partial charge in [0.15, 0.2) is 0 Å². The van der Waals surface area contributed by atoms with Gasteiger partial charge in [-0.2, -0.15) is 0 Å². The van der Waals surface area contributed by atoms with Crippen molar-refractivity contribution in [1.29, 1.82) is 0 Å². The molecule has 6 rings (SSSR count). The van der Waals surface area contributed by atoms with Gasteiger partial charge in [0.25, 0.3) is 5.91 Å². The smallest absolute Gasteiger partial charge is 0.275 e. The molecule has 0 saturated heterocycles. The summed E-state index contributed by atoms with van der Waals surface area (Å²) < 4.78 is 32.6. The van der Waals surface area contributed by atoms with Gasteiger partial charge in [-0.25, -0.2) is 13.8 Å². The normalized spacial score (nSPS) is 11.2. The summed E-state index contributed by atoms with van der Waals surface area (Å²) >= 11 is 8.95. The second kappa shape index (κ2) is 10.2. The number of benzene rings is 2. The van der Waals surface area contributed by atoms with Crippen LogP contribution in [0.2, 0.25) is 5.02 Å². The number of carbonyl (C=O) groups excluding carboxylic acids is 2. The standard InChI is InChI=1S/C29H16ClF2N3O2S2/c30-24-18-6-1-2-9-22(18)39-28(24)29(37)35(25-19(31)7-5-8-20(25)32)23-11-10-17(16-33-23)26(36)27-21(12-15-38-27)34-13-3-4-14-34/h1-16H. The number of amides is 1. The van der Waals surface area contributed by atoms with Gasteiger partial charge >= 0.3 is 0 Å². The van der Waals surface area contributed by atoms with Crippen LogP contribution in [0.25, 0.3) is 15.8 Å². The van der Waals surface area contributed by atoms with Crippen molar-refractivity contribution in [2.45, 2.75) is 0 Å². The fourth-order valence-corrected chi connectivity index (χ4v) is 6.52. The molecule has 39 heavy (non-hydrogen) atoms. The molecular formula is C29H16ClF2N3O2S2. The second-order valence-electron chi connectivity index (χ2n) is 8.41. The number of pyridine rings is 1. The molecule has 5 nitrogen and oxygen atoms in total. The molecule has 4 heterocycles. The molecule has 0 spiro atoms. The van der Waals surface area contributed by atoms with Crippen LogP contribution in [0.1, 0.15) is 24.9 Å². The molecule has 4 aromatic heterocycles. The number of ketones is 1. The molecule has 0 N–H and O–H groups in total. The van der Waals surface area contributed by atoms with Crippen LogP contribution in [0, 0.1) is 11.6 Å². The van der Waals surface area contributed by atoms with Crippen molar-refractivity contribution in [3.63, 3.8) is 0 Å². The first-order chi connectivity index (χ1) is 18.9. The molecule has 0 bridgehead atoms. The lowest BCUT2D eigenvalue weighted by Crippen LogP contribution is -2.28. The molecule has 192 valence electrons. The summed E-state index contributed by atoms with van der Waals surface area (Å²) in [6.07, 6.45) is 4.97. The van der Waals surface area contributed by atoms with Gasteiger partial charge in [0.1, 0.15) is 28.0 Å². The highest BCUT2D eigenvalue weighted by Gasteiger charge is 2.30. The van der Waals surface area contributed by atoms with E-state index >= 15 is 0 Å². The molecule has 10 heteroatoms. The number of nitrogens with zero attached hydrogens (tertiary/aromatic N) is 3. The maximum absolute atomic E-state index is 15.0. The van der Waals surface area contributed by atoms with Crippen molar-refractivity contribution in [3.8, 4) is 5.69 Å². The van der Waals surface area contributed by atoms with Gasteiger partial charge in [-0.05, 0) is 53.9 Å².